The Bertz CT molecular complexity index is 1030. The van der Waals surface area contributed by atoms with Gasteiger partial charge in [0.25, 0.3) is 0 Å². The summed E-state index contributed by atoms with van der Waals surface area (Å²) in [6.45, 7) is 10.8. The van der Waals surface area contributed by atoms with E-state index in [0.29, 0.717) is 22.6 Å². The fourth-order valence-electron chi connectivity index (χ4n) is 4.71. The van der Waals surface area contributed by atoms with Gasteiger partial charge in [-0.2, -0.15) is 0 Å². The molecular formula is C28H30O4. The van der Waals surface area contributed by atoms with E-state index >= 15 is 0 Å². The molecule has 2 aliphatic rings. The Morgan fingerprint density at radius 1 is 0.656 bits per heavy atom. The number of hydrogen-bond acceptors (Lipinski definition) is 4. The minimum absolute atomic E-state index is 0.345. The predicted octanol–water partition coefficient (Wildman–Crippen LogP) is 6.07. The van der Waals surface area contributed by atoms with Gasteiger partial charge in [-0.05, 0) is 99.6 Å². The second-order valence-corrected chi connectivity index (χ2v) is 8.91. The van der Waals surface area contributed by atoms with Crippen molar-refractivity contribution in [1.82, 2.24) is 0 Å². The van der Waals surface area contributed by atoms with E-state index in [9.17, 15) is 9.59 Å². The van der Waals surface area contributed by atoms with Crippen LogP contribution in [0.3, 0.4) is 0 Å². The summed E-state index contributed by atoms with van der Waals surface area (Å²) >= 11 is 0. The zero-order chi connectivity index (χ0) is 22.8. The average molecular weight is 431 g/mol. The van der Waals surface area contributed by atoms with Crippen LogP contribution in [-0.2, 0) is 35.3 Å². The number of aryl methyl sites for hydroxylation is 2. The summed E-state index contributed by atoms with van der Waals surface area (Å²) in [4.78, 5) is 25.0. The quantitative estimate of drug-likeness (QED) is 0.328. The molecule has 0 spiro atoms. The third-order valence-corrected chi connectivity index (χ3v) is 6.34. The number of benzene rings is 2. The topological polar surface area (TPSA) is 52.6 Å². The Morgan fingerprint density at radius 3 is 1.41 bits per heavy atom. The number of ether oxygens (including phenoxy) is 2. The van der Waals surface area contributed by atoms with E-state index in [1.807, 2.05) is 12.1 Å². The number of fused-ring (bicyclic) bond motifs is 2. The molecule has 0 N–H and O–H groups in total. The molecule has 2 aromatic carbocycles. The number of rotatable bonds is 5. The third-order valence-electron chi connectivity index (χ3n) is 6.34. The lowest BCUT2D eigenvalue weighted by Gasteiger charge is -2.27. The lowest BCUT2D eigenvalue weighted by atomic mass is 9.80. The lowest BCUT2D eigenvalue weighted by molar-refractivity contribution is -0.131. The molecule has 0 heterocycles. The second-order valence-electron chi connectivity index (χ2n) is 8.91. The van der Waals surface area contributed by atoms with Gasteiger partial charge in [0.15, 0.2) is 0 Å². The number of esters is 2. The molecule has 0 saturated heterocycles. The predicted molar refractivity (Wildman–Crippen MR) is 126 cm³/mol. The van der Waals surface area contributed by atoms with Crippen LogP contribution in [0, 0.1) is 0 Å². The molecule has 2 aromatic rings. The summed E-state index contributed by atoms with van der Waals surface area (Å²) in [6, 6.07) is 7.89. The number of hydrogen-bond donors (Lipinski definition) is 0. The van der Waals surface area contributed by atoms with Crippen molar-refractivity contribution < 1.29 is 19.1 Å². The van der Waals surface area contributed by atoms with Gasteiger partial charge < -0.3 is 9.47 Å². The van der Waals surface area contributed by atoms with Crippen molar-refractivity contribution in [2.75, 3.05) is 0 Å². The molecule has 32 heavy (non-hydrogen) atoms. The van der Waals surface area contributed by atoms with Crippen LogP contribution in [0.15, 0.2) is 48.6 Å². The zero-order valence-electron chi connectivity index (χ0n) is 19.0. The Labute approximate surface area is 189 Å². The van der Waals surface area contributed by atoms with Crippen LogP contribution in [0.2, 0.25) is 0 Å². The maximum atomic E-state index is 12.5. The Balaban J connectivity index is 1.98. The fraction of sp³-hybridized carbons (Fsp3) is 0.357. The summed E-state index contributed by atoms with van der Waals surface area (Å²) in [5.74, 6) is 0.107. The van der Waals surface area contributed by atoms with Gasteiger partial charge in [-0.1, -0.05) is 25.3 Å². The average Bonchev–Trinajstić information content (AvgIpc) is 2.79. The summed E-state index contributed by atoms with van der Waals surface area (Å²) in [5, 5.41) is 0. The highest BCUT2D eigenvalue weighted by Gasteiger charge is 2.28. The van der Waals surface area contributed by atoms with Crippen molar-refractivity contribution in [2.24, 2.45) is 0 Å². The van der Waals surface area contributed by atoms with Crippen LogP contribution in [0.25, 0.3) is 11.1 Å². The molecule has 0 amide bonds. The summed E-state index contributed by atoms with van der Waals surface area (Å²) < 4.78 is 11.7. The van der Waals surface area contributed by atoms with E-state index in [1.54, 1.807) is 13.8 Å². The molecule has 0 atom stereocenters. The Kier molecular flexibility index (Phi) is 6.31. The van der Waals surface area contributed by atoms with Crippen molar-refractivity contribution in [3.63, 3.8) is 0 Å². The smallest absolute Gasteiger partial charge is 0.338 e. The molecule has 0 saturated carbocycles. The van der Waals surface area contributed by atoms with E-state index in [4.69, 9.17) is 9.47 Å². The fourth-order valence-corrected chi connectivity index (χ4v) is 4.71. The van der Waals surface area contributed by atoms with E-state index in [1.165, 1.54) is 22.3 Å². The second kappa shape index (κ2) is 9.15. The molecule has 4 rings (SSSR count). The monoisotopic (exact) mass is 430 g/mol. The molecule has 4 nitrogen and oxygen atoms in total. The minimum atomic E-state index is -0.452. The molecule has 0 aliphatic heterocycles. The highest BCUT2D eigenvalue weighted by molar-refractivity contribution is 5.94. The van der Waals surface area contributed by atoms with Crippen molar-refractivity contribution in [1.29, 1.82) is 0 Å². The van der Waals surface area contributed by atoms with Crippen LogP contribution in [0.5, 0.6) is 11.5 Å². The SMILES string of the molecule is C=C(C)C(=O)Oc1ccc2c(c1-c1c(OC(=O)C(=C)C)ccc3c1CCCC3)CCCC2. The molecule has 166 valence electrons. The molecule has 0 unspecified atom stereocenters. The van der Waals surface area contributed by atoms with E-state index < -0.39 is 11.9 Å². The van der Waals surface area contributed by atoms with Crippen molar-refractivity contribution >= 4 is 11.9 Å². The number of carbonyl (C=O) groups is 2. The van der Waals surface area contributed by atoms with Gasteiger partial charge in [0.1, 0.15) is 11.5 Å². The van der Waals surface area contributed by atoms with Crippen LogP contribution in [0.1, 0.15) is 61.8 Å². The molecule has 0 aromatic heterocycles. The van der Waals surface area contributed by atoms with Crippen LogP contribution in [0.4, 0.5) is 0 Å². The molecule has 2 aliphatic carbocycles. The van der Waals surface area contributed by atoms with E-state index in [2.05, 4.69) is 25.3 Å². The molecule has 0 radical (unpaired) electrons. The highest BCUT2D eigenvalue weighted by atomic mass is 16.5. The third kappa shape index (κ3) is 4.27. The van der Waals surface area contributed by atoms with Gasteiger partial charge in [-0.3, -0.25) is 0 Å². The van der Waals surface area contributed by atoms with E-state index in [-0.39, 0.29) is 0 Å². The van der Waals surface area contributed by atoms with Crippen molar-refractivity contribution in [3.8, 4) is 22.6 Å². The first-order valence-electron chi connectivity index (χ1n) is 11.4. The summed E-state index contributed by atoms with van der Waals surface area (Å²) in [5.41, 5.74) is 7.39. The van der Waals surface area contributed by atoms with Gasteiger partial charge >= 0.3 is 11.9 Å². The Hall–Kier alpha value is -3.14. The van der Waals surface area contributed by atoms with Crippen molar-refractivity contribution in [2.45, 2.75) is 65.2 Å². The summed E-state index contributed by atoms with van der Waals surface area (Å²) in [6.07, 6.45) is 8.23. The lowest BCUT2D eigenvalue weighted by Crippen LogP contribution is -2.15. The van der Waals surface area contributed by atoms with Gasteiger partial charge in [-0.25, -0.2) is 9.59 Å². The maximum Gasteiger partial charge on any atom is 0.338 e. The van der Waals surface area contributed by atoms with Gasteiger partial charge in [0.05, 0.1) is 0 Å². The van der Waals surface area contributed by atoms with Crippen molar-refractivity contribution in [3.05, 3.63) is 70.8 Å². The standard InChI is InChI=1S/C28H30O4/c1-17(2)27(29)31-23-15-13-19-9-5-7-11-21(19)25(23)26-22-12-8-6-10-20(22)14-16-24(26)32-28(30)18(3)4/h13-16H,1,3,5-12H2,2,4H3. The van der Waals surface area contributed by atoms with Gasteiger partial charge in [-0.15, -0.1) is 0 Å². The summed E-state index contributed by atoms with van der Waals surface area (Å²) in [7, 11) is 0. The molecular weight excluding hydrogens is 400 g/mol. The zero-order valence-corrected chi connectivity index (χ0v) is 19.0. The first-order chi connectivity index (χ1) is 15.4. The Morgan fingerprint density at radius 2 is 1.03 bits per heavy atom. The number of carbonyl (C=O) groups excluding carboxylic acids is 2. The maximum absolute atomic E-state index is 12.5. The molecule has 0 fully saturated rings. The van der Waals surface area contributed by atoms with Crippen LogP contribution in [-0.4, -0.2) is 11.9 Å². The van der Waals surface area contributed by atoms with E-state index in [0.717, 1.165) is 62.5 Å². The normalized spacial score (nSPS) is 14.7. The van der Waals surface area contributed by atoms with Crippen LogP contribution < -0.4 is 9.47 Å². The molecule has 4 heteroatoms. The van der Waals surface area contributed by atoms with Gasteiger partial charge in [0, 0.05) is 22.3 Å². The largest absolute Gasteiger partial charge is 0.423 e. The van der Waals surface area contributed by atoms with Gasteiger partial charge in [0.2, 0.25) is 0 Å². The van der Waals surface area contributed by atoms with Crippen LogP contribution >= 0.6 is 0 Å². The highest BCUT2D eigenvalue weighted by Crippen LogP contribution is 2.47. The first kappa shape index (κ1) is 22.1. The minimum Gasteiger partial charge on any atom is -0.423 e. The molecule has 0 bridgehead atoms. The first-order valence-corrected chi connectivity index (χ1v) is 11.4.